The summed E-state index contributed by atoms with van der Waals surface area (Å²) in [6.45, 7) is 0. The summed E-state index contributed by atoms with van der Waals surface area (Å²) in [4.78, 5) is 14.9. The Morgan fingerprint density at radius 2 is 2.12 bits per heavy atom. The number of carboxylic acid groups (broad SMARTS) is 1. The SMILES string of the molecule is O=C(O)c1cnc(NC2CCCCC2)c(Br)c1. The van der Waals surface area contributed by atoms with Crippen molar-refractivity contribution < 1.29 is 9.90 Å². The number of aromatic nitrogens is 1. The summed E-state index contributed by atoms with van der Waals surface area (Å²) in [6, 6.07) is 2.05. The Labute approximate surface area is 109 Å². The van der Waals surface area contributed by atoms with Gasteiger partial charge in [-0.15, -0.1) is 0 Å². The van der Waals surface area contributed by atoms with Gasteiger partial charge in [0.05, 0.1) is 10.0 Å². The van der Waals surface area contributed by atoms with Crippen molar-refractivity contribution in [3.63, 3.8) is 0 Å². The molecule has 2 N–H and O–H groups in total. The molecule has 92 valence electrons. The number of rotatable bonds is 3. The van der Waals surface area contributed by atoms with Gasteiger partial charge in [-0.1, -0.05) is 19.3 Å². The van der Waals surface area contributed by atoms with Crippen LogP contribution in [0.5, 0.6) is 0 Å². The lowest BCUT2D eigenvalue weighted by Gasteiger charge is -2.23. The fourth-order valence-electron chi connectivity index (χ4n) is 2.10. The molecule has 1 fully saturated rings. The maximum atomic E-state index is 10.8. The number of aromatic carboxylic acids is 1. The summed E-state index contributed by atoms with van der Waals surface area (Å²) in [5.41, 5.74) is 0.200. The molecule has 1 aromatic heterocycles. The van der Waals surface area contributed by atoms with Crippen LogP contribution >= 0.6 is 15.9 Å². The molecule has 1 aliphatic carbocycles. The van der Waals surface area contributed by atoms with Crippen molar-refractivity contribution >= 4 is 27.7 Å². The number of halogens is 1. The van der Waals surface area contributed by atoms with E-state index in [-0.39, 0.29) is 5.56 Å². The average Bonchev–Trinajstić information content (AvgIpc) is 2.33. The van der Waals surface area contributed by atoms with Crippen LogP contribution in [0.1, 0.15) is 42.5 Å². The largest absolute Gasteiger partial charge is 0.478 e. The van der Waals surface area contributed by atoms with E-state index in [0.29, 0.717) is 10.5 Å². The van der Waals surface area contributed by atoms with Crippen LogP contribution < -0.4 is 5.32 Å². The van der Waals surface area contributed by atoms with Crippen LogP contribution in [0.2, 0.25) is 0 Å². The van der Waals surface area contributed by atoms with E-state index in [0.717, 1.165) is 18.7 Å². The Bertz CT molecular complexity index is 417. The Balaban J connectivity index is 2.08. The molecular formula is C12H15BrN2O2. The normalized spacial score (nSPS) is 16.8. The van der Waals surface area contributed by atoms with Gasteiger partial charge in [0, 0.05) is 12.2 Å². The third-order valence-corrected chi connectivity index (χ3v) is 3.64. The van der Waals surface area contributed by atoms with Crippen molar-refractivity contribution in [3.8, 4) is 0 Å². The van der Waals surface area contributed by atoms with E-state index >= 15 is 0 Å². The highest BCUT2D eigenvalue weighted by Gasteiger charge is 2.15. The standard InChI is InChI=1S/C12H15BrN2O2/c13-10-6-8(12(16)17)7-14-11(10)15-9-4-2-1-3-5-9/h6-7,9H,1-5H2,(H,14,15)(H,16,17). The number of pyridine rings is 1. The molecular weight excluding hydrogens is 284 g/mol. The van der Waals surface area contributed by atoms with E-state index in [1.807, 2.05) is 0 Å². The molecule has 0 atom stereocenters. The molecule has 0 aromatic carbocycles. The van der Waals surface area contributed by atoms with Gasteiger partial charge >= 0.3 is 5.97 Å². The molecule has 4 nitrogen and oxygen atoms in total. The second-order valence-corrected chi connectivity index (χ2v) is 5.19. The van der Waals surface area contributed by atoms with E-state index < -0.39 is 5.97 Å². The average molecular weight is 299 g/mol. The Hall–Kier alpha value is -1.10. The highest BCUT2D eigenvalue weighted by molar-refractivity contribution is 9.10. The lowest BCUT2D eigenvalue weighted by atomic mass is 9.95. The van der Waals surface area contributed by atoms with Gasteiger partial charge in [-0.05, 0) is 34.8 Å². The van der Waals surface area contributed by atoms with Crippen LogP contribution in [0.15, 0.2) is 16.7 Å². The monoisotopic (exact) mass is 298 g/mol. The van der Waals surface area contributed by atoms with Crippen molar-refractivity contribution in [2.24, 2.45) is 0 Å². The first kappa shape index (κ1) is 12.4. The Morgan fingerprint density at radius 3 is 2.71 bits per heavy atom. The molecule has 0 radical (unpaired) electrons. The summed E-state index contributed by atoms with van der Waals surface area (Å²) in [5, 5.41) is 12.2. The van der Waals surface area contributed by atoms with Gasteiger partial charge in [0.1, 0.15) is 5.82 Å². The molecule has 1 aliphatic rings. The molecule has 1 heterocycles. The van der Waals surface area contributed by atoms with Gasteiger partial charge in [0.15, 0.2) is 0 Å². The second-order valence-electron chi connectivity index (χ2n) is 4.34. The fourth-order valence-corrected chi connectivity index (χ4v) is 2.56. The molecule has 0 amide bonds. The summed E-state index contributed by atoms with van der Waals surface area (Å²) in [5.74, 6) is -0.218. The van der Waals surface area contributed by atoms with Crippen LogP contribution in [0, 0.1) is 0 Å². The third-order valence-electron chi connectivity index (χ3n) is 3.03. The first-order valence-corrected chi connectivity index (χ1v) is 6.61. The summed E-state index contributed by atoms with van der Waals surface area (Å²) in [6.07, 6.45) is 7.53. The van der Waals surface area contributed by atoms with Crippen LogP contribution in [0.25, 0.3) is 0 Å². The Morgan fingerprint density at radius 1 is 1.41 bits per heavy atom. The van der Waals surface area contributed by atoms with Crippen molar-refractivity contribution in [2.45, 2.75) is 38.1 Å². The number of hydrogen-bond donors (Lipinski definition) is 2. The van der Waals surface area contributed by atoms with Crippen LogP contribution in [0.3, 0.4) is 0 Å². The summed E-state index contributed by atoms with van der Waals surface area (Å²) < 4.78 is 0.711. The number of hydrogen-bond acceptors (Lipinski definition) is 3. The lowest BCUT2D eigenvalue weighted by Crippen LogP contribution is -2.23. The van der Waals surface area contributed by atoms with Crippen LogP contribution in [0.4, 0.5) is 5.82 Å². The molecule has 0 bridgehead atoms. The highest BCUT2D eigenvalue weighted by atomic mass is 79.9. The predicted molar refractivity (Wildman–Crippen MR) is 69.4 cm³/mol. The molecule has 2 rings (SSSR count). The molecule has 0 spiro atoms. The molecule has 0 unspecified atom stereocenters. The van der Waals surface area contributed by atoms with Gasteiger partial charge in [-0.3, -0.25) is 0 Å². The lowest BCUT2D eigenvalue weighted by molar-refractivity contribution is 0.0696. The minimum absolute atomic E-state index is 0.200. The van der Waals surface area contributed by atoms with Crippen LogP contribution in [-0.4, -0.2) is 22.1 Å². The van der Waals surface area contributed by atoms with E-state index in [1.54, 1.807) is 6.07 Å². The topological polar surface area (TPSA) is 62.2 Å². The molecule has 1 aromatic rings. The summed E-state index contributed by atoms with van der Waals surface area (Å²) >= 11 is 3.35. The Kier molecular flexibility index (Phi) is 3.99. The van der Waals surface area contributed by atoms with Crippen molar-refractivity contribution in [1.82, 2.24) is 4.98 Å². The second kappa shape index (κ2) is 5.49. The zero-order chi connectivity index (χ0) is 12.3. The molecule has 0 saturated heterocycles. The van der Waals surface area contributed by atoms with E-state index in [2.05, 4.69) is 26.2 Å². The minimum atomic E-state index is -0.956. The zero-order valence-corrected chi connectivity index (χ0v) is 11.0. The van der Waals surface area contributed by atoms with Gasteiger partial charge in [0.2, 0.25) is 0 Å². The third kappa shape index (κ3) is 3.19. The van der Waals surface area contributed by atoms with Gasteiger partial charge < -0.3 is 10.4 Å². The maximum Gasteiger partial charge on any atom is 0.337 e. The van der Waals surface area contributed by atoms with E-state index in [1.165, 1.54) is 25.5 Å². The molecule has 17 heavy (non-hydrogen) atoms. The van der Waals surface area contributed by atoms with E-state index in [4.69, 9.17) is 5.11 Å². The zero-order valence-electron chi connectivity index (χ0n) is 9.45. The number of carbonyl (C=O) groups is 1. The van der Waals surface area contributed by atoms with Crippen LogP contribution in [-0.2, 0) is 0 Å². The van der Waals surface area contributed by atoms with Gasteiger partial charge in [-0.2, -0.15) is 0 Å². The number of nitrogens with one attached hydrogen (secondary N) is 1. The maximum absolute atomic E-state index is 10.8. The number of nitrogens with zero attached hydrogens (tertiary/aromatic N) is 1. The molecule has 1 saturated carbocycles. The first-order chi connectivity index (χ1) is 8.16. The van der Waals surface area contributed by atoms with Crippen molar-refractivity contribution in [1.29, 1.82) is 0 Å². The molecule has 0 aliphatic heterocycles. The number of anilines is 1. The van der Waals surface area contributed by atoms with E-state index in [9.17, 15) is 4.79 Å². The summed E-state index contributed by atoms with van der Waals surface area (Å²) in [7, 11) is 0. The smallest absolute Gasteiger partial charge is 0.337 e. The minimum Gasteiger partial charge on any atom is -0.478 e. The van der Waals surface area contributed by atoms with Gasteiger partial charge in [-0.25, -0.2) is 9.78 Å². The highest BCUT2D eigenvalue weighted by Crippen LogP contribution is 2.25. The van der Waals surface area contributed by atoms with Crippen molar-refractivity contribution in [3.05, 3.63) is 22.3 Å². The molecule has 5 heteroatoms. The van der Waals surface area contributed by atoms with Crippen molar-refractivity contribution in [2.75, 3.05) is 5.32 Å². The number of carboxylic acids is 1. The predicted octanol–water partition coefficient (Wildman–Crippen LogP) is 3.29. The fraction of sp³-hybridized carbons (Fsp3) is 0.500. The van der Waals surface area contributed by atoms with Gasteiger partial charge in [0.25, 0.3) is 0 Å². The first-order valence-electron chi connectivity index (χ1n) is 5.82. The quantitative estimate of drug-likeness (QED) is 0.899.